The van der Waals surface area contributed by atoms with Crippen molar-refractivity contribution in [2.45, 2.75) is 39.5 Å². The molecule has 122 valence electrons. The molecule has 3 nitrogen and oxygen atoms in total. The van der Waals surface area contributed by atoms with Gasteiger partial charge in [0.05, 0.1) is 0 Å². The molecule has 0 bridgehead atoms. The first-order valence-electron chi connectivity index (χ1n) is 8.63. The number of anilines is 1. The van der Waals surface area contributed by atoms with E-state index in [4.69, 9.17) is 15.5 Å². The van der Waals surface area contributed by atoms with Crippen molar-refractivity contribution in [1.29, 1.82) is 0 Å². The quantitative estimate of drug-likeness (QED) is 0.788. The molecular weight excluding hydrogens is 296 g/mol. The summed E-state index contributed by atoms with van der Waals surface area (Å²) in [7, 11) is 0. The van der Waals surface area contributed by atoms with E-state index in [1.54, 1.807) is 0 Å². The molecule has 4 rings (SSSR count). The molecular formula is C21H22N2O. The van der Waals surface area contributed by atoms with E-state index in [2.05, 4.69) is 45.0 Å². The molecule has 1 aliphatic heterocycles. The predicted octanol–water partition coefficient (Wildman–Crippen LogP) is 5.04. The molecule has 0 aromatic heterocycles. The van der Waals surface area contributed by atoms with E-state index < -0.39 is 0 Å². The van der Waals surface area contributed by atoms with Gasteiger partial charge in [0.25, 0.3) is 0 Å². The van der Waals surface area contributed by atoms with Crippen LogP contribution in [0.25, 0.3) is 0 Å². The molecule has 24 heavy (non-hydrogen) atoms. The number of fused-ring (bicyclic) bond motifs is 4. The van der Waals surface area contributed by atoms with Gasteiger partial charge in [-0.3, -0.25) is 0 Å². The molecule has 0 amide bonds. The van der Waals surface area contributed by atoms with Gasteiger partial charge in [-0.15, -0.1) is 0 Å². The Morgan fingerprint density at radius 1 is 1.21 bits per heavy atom. The van der Waals surface area contributed by atoms with E-state index >= 15 is 0 Å². The number of nitrogens with two attached hydrogens (primary N) is 1. The summed E-state index contributed by atoms with van der Waals surface area (Å²) in [6.45, 7) is 6.48. The predicted molar refractivity (Wildman–Crippen MR) is 99.4 cm³/mol. The van der Waals surface area contributed by atoms with Crippen LogP contribution in [0.2, 0.25) is 0 Å². The molecule has 0 saturated carbocycles. The van der Waals surface area contributed by atoms with Crippen molar-refractivity contribution in [2.24, 2.45) is 4.99 Å². The van der Waals surface area contributed by atoms with Crippen molar-refractivity contribution in [3.63, 3.8) is 0 Å². The van der Waals surface area contributed by atoms with Crippen LogP contribution in [-0.2, 0) is 6.42 Å². The fraction of sp³-hybridized carbons (Fsp3) is 0.286. The topological polar surface area (TPSA) is 47.6 Å². The maximum Gasteiger partial charge on any atom is 0.153 e. The van der Waals surface area contributed by atoms with Gasteiger partial charge < -0.3 is 10.5 Å². The lowest BCUT2D eigenvalue weighted by Crippen LogP contribution is -2.23. The SMILES string of the molecule is CCc1cc2c(cc1C)N=C1C(=CC(CC)c3cccc(N)c31)O2. The average molecular weight is 318 g/mol. The molecule has 2 aliphatic rings. The monoisotopic (exact) mass is 318 g/mol. The van der Waals surface area contributed by atoms with Crippen LogP contribution in [0.3, 0.4) is 0 Å². The van der Waals surface area contributed by atoms with Crippen LogP contribution in [0.15, 0.2) is 47.2 Å². The number of aryl methyl sites for hydroxylation is 2. The Bertz CT molecular complexity index is 893. The Morgan fingerprint density at radius 3 is 2.79 bits per heavy atom. The zero-order chi connectivity index (χ0) is 16.8. The smallest absolute Gasteiger partial charge is 0.153 e. The minimum absolute atomic E-state index is 0.315. The highest BCUT2D eigenvalue weighted by atomic mass is 16.5. The van der Waals surface area contributed by atoms with E-state index in [0.29, 0.717) is 5.92 Å². The zero-order valence-corrected chi connectivity index (χ0v) is 14.4. The Labute approximate surface area is 142 Å². The third-order valence-electron chi connectivity index (χ3n) is 5.04. The molecule has 1 unspecified atom stereocenters. The van der Waals surface area contributed by atoms with Gasteiger partial charge >= 0.3 is 0 Å². The Balaban J connectivity index is 1.95. The van der Waals surface area contributed by atoms with Gasteiger partial charge in [0.15, 0.2) is 11.5 Å². The van der Waals surface area contributed by atoms with Gasteiger partial charge in [-0.2, -0.15) is 0 Å². The lowest BCUT2D eigenvalue weighted by Gasteiger charge is -2.29. The van der Waals surface area contributed by atoms with Crippen molar-refractivity contribution >= 4 is 17.1 Å². The highest BCUT2D eigenvalue weighted by Gasteiger charge is 2.31. The minimum Gasteiger partial charge on any atom is -0.453 e. The van der Waals surface area contributed by atoms with Gasteiger partial charge in [0.1, 0.15) is 11.4 Å². The second-order valence-electron chi connectivity index (χ2n) is 6.52. The van der Waals surface area contributed by atoms with Gasteiger partial charge in [-0.05, 0) is 60.7 Å². The molecule has 0 fully saturated rings. The Morgan fingerprint density at radius 2 is 2.04 bits per heavy atom. The third kappa shape index (κ3) is 2.15. The molecule has 1 aliphatic carbocycles. The van der Waals surface area contributed by atoms with Crippen LogP contribution in [0.5, 0.6) is 5.75 Å². The Kier molecular flexibility index (Phi) is 3.45. The summed E-state index contributed by atoms with van der Waals surface area (Å²) in [6, 6.07) is 10.3. The van der Waals surface area contributed by atoms with Crippen molar-refractivity contribution in [1.82, 2.24) is 0 Å². The molecule has 3 heteroatoms. The summed E-state index contributed by atoms with van der Waals surface area (Å²) in [5.74, 6) is 2.00. The van der Waals surface area contributed by atoms with Crippen LogP contribution in [0.1, 0.15) is 48.4 Å². The van der Waals surface area contributed by atoms with E-state index in [1.807, 2.05) is 12.1 Å². The molecule has 0 spiro atoms. The fourth-order valence-electron chi connectivity index (χ4n) is 3.68. The fourth-order valence-corrected chi connectivity index (χ4v) is 3.68. The maximum absolute atomic E-state index is 6.30. The lowest BCUT2D eigenvalue weighted by atomic mass is 9.83. The summed E-state index contributed by atoms with van der Waals surface area (Å²) in [4.78, 5) is 4.92. The number of aliphatic imine (C=N–C) groups is 1. The van der Waals surface area contributed by atoms with E-state index in [9.17, 15) is 0 Å². The summed E-state index contributed by atoms with van der Waals surface area (Å²) >= 11 is 0. The van der Waals surface area contributed by atoms with Gasteiger partial charge in [0.2, 0.25) is 0 Å². The van der Waals surface area contributed by atoms with Gasteiger partial charge in [-0.25, -0.2) is 4.99 Å². The number of nitrogens with zero attached hydrogens (tertiary/aromatic N) is 1. The largest absolute Gasteiger partial charge is 0.453 e. The number of hydrogen-bond acceptors (Lipinski definition) is 3. The average Bonchev–Trinajstić information content (AvgIpc) is 2.59. The van der Waals surface area contributed by atoms with Crippen LogP contribution >= 0.6 is 0 Å². The van der Waals surface area contributed by atoms with Gasteiger partial charge in [0, 0.05) is 17.2 Å². The van der Waals surface area contributed by atoms with Crippen LogP contribution in [-0.4, -0.2) is 5.71 Å². The molecule has 2 aromatic carbocycles. The molecule has 0 saturated heterocycles. The highest BCUT2D eigenvalue weighted by molar-refractivity contribution is 6.18. The first kappa shape index (κ1) is 15.0. The molecule has 0 radical (unpaired) electrons. The lowest BCUT2D eigenvalue weighted by molar-refractivity contribution is 0.442. The van der Waals surface area contributed by atoms with E-state index in [-0.39, 0.29) is 0 Å². The molecule has 2 N–H and O–H groups in total. The van der Waals surface area contributed by atoms with Crippen molar-refractivity contribution in [2.75, 3.05) is 5.73 Å². The summed E-state index contributed by atoms with van der Waals surface area (Å²) in [5.41, 5.74) is 13.6. The molecule has 1 atom stereocenters. The molecule has 2 aromatic rings. The number of benzene rings is 2. The van der Waals surface area contributed by atoms with E-state index in [0.717, 1.165) is 47.0 Å². The first-order chi connectivity index (χ1) is 11.6. The van der Waals surface area contributed by atoms with Crippen LogP contribution in [0, 0.1) is 6.92 Å². The Hall–Kier alpha value is -2.55. The number of allylic oxidation sites excluding steroid dienone is 2. The number of nitrogen functional groups attached to an aromatic ring is 1. The highest BCUT2D eigenvalue weighted by Crippen LogP contribution is 2.43. The van der Waals surface area contributed by atoms with Crippen LogP contribution < -0.4 is 10.5 Å². The third-order valence-corrected chi connectivity index (χ3v) is 5.04. The summed E-state index contributed by atoms with van der Waals surface area (Å²) < 4.78 is 6.25. The van der Waals surface area contributed by atoms with Crippen molar-refractivity contribution in [3.05, 3.63) is 64.4 Å². The summed E-state index contributed by atoms with van der Waals surface area (Å²) in [5, 5.41) is 0. The van der Waals surface area contributed by atoms with Crippen molar-refractivity contribution in [3.8, 4) is 5.75 Å². The number of rotatable bonds is 2. The zero-order valence-electron chi connectivity index (χ0n) is 14.4. The van der Waals surface area contributed by atoms with Gasteiger partial charge in [-0.1, -0.05) is 26.0 Å². The second kappa shape index (κ2) is 5.52. The first-order valence-corrected chi connectivity index (χ1v) is 8.63. The number of ether oxygens (including phenoxy) is 1. The van der Waals surface area contributed by atoms with Crippen molar-refractivity contribution < 1.29 is 4.74 Å². The molecule has 1 heterocycles. The maximum atomic E-state index is 6.30. The standard InChI is InChI=1S/C21H22N2O/c1-4-13-10-18-17(9-12(13)3)23-21-19(24-18)11-14(5-2)15-7-6-8-16(22)20(15)21/h6-11,14H,4-5,22H2,1-3H3. The summed E-state index contributed by atoms with van der Waals surface area (Å²) in [6.07, 6.45) is 4.19. The number of hydrogen-bond donors (Lipinski definition) is 1. The van der Waals surface area contributed by atoms with E-state index in [1.165, 1.54) is 16.7 Å². The minimum atomic E-state index is 0.315. The second-order valence-corrected chi connectivity index (χ2v) is 6.52. The van der Waals surface area contributed by atoms with Crippen LogP contribution in [0.4, 0.5) is 11.4 Å². The normalized spacial score (nSPS) is 17.9.